The van der Waals surface area contributed by atoms with Gasteiger partial charge in [-0.15, -0.1) is 0 Å². The van der Waals surface area contributed by atoms with Crippen LogP contribution in [0.1, 0.15) is 17.0 Å². The Bertz CT molecular complexity index is 1030. The van der Waals surface area contributed by atoms with Crippen LogP contribution in [0, 0.1) is 0 Å². The first-order valence-electron chi connectivity index (χ1n) is 12.1. The number of aliphatic hydroxyl groups excluding tert-OH is 1. The van der Waals surface area contributed by atoms with E-state index in [2.05, 4.69) is 25.5 Å². The highest BCUT2D eigenvalue weighted by Crippen LogP contribution is 2.19. The van der Waals surface area contributed by atoms with Gasteiger partial charge >= 0.3 is 6.09 Å². The number of alkyl carbamates (subject to hydrolysis) is 1. The van der Waals surface area contributed by atoms with E-state index in [1.54, 1.807) is 19.5 Å². The van der Waals surface area contributed by atoms with Gasteiger partial charge in [-0.25, -0.2) is 4.79 Å². The second kappa shape index (κ2) is 13.0. The summed E-state index contributed by atoms with van der Waals surface area (Å²) in [5.74, 6) is 0.783. The Morgan fingerprint density at radius 1 is 1.06 bits per heavy atom. The van der Waals surface area contributed by atoms with E-state index in [0.717, 1.165) is 22.7 Å². The molecule has 0 bridgehead atoms. The lowest BCUT2D eigenvalue weighted by Gasteiger charge is -2.24. The Hall–Kier alpha value is -3.53. The van der Waals surface area contributed by atoms with Crippen molar-refractivity contribution < 1.29 is 19.4 Å². The summed E-state index contributed by atoms with van der Waals surface area (Å²) in [6.07, 6.45) is 2.23. The van der Waals surface area contributed by atoms with Crippen LogP contribution in [0.25, 0.3) is 0 Å². The molecular formula is C27H33N5O4. The van der Waals surface area contributed by atoms with Crippen LogP contribution in [-0.4, -0.2) is 71.1 Å². The van der Waals surface area contributed by atoms with Crippen molar-refractivity contribution in [3.63, 3.8) is 0 Å². The summed E-state index contributed by atoms with van der Waals surface area (Å²) < 4.78 is 10.8. The molecule has 3 heterocycles. The lowest BCUT2D eigenvalue weighted by atomic mass is 10.0. The Kier molecular flexibility index (Phi) is 9.21. The first kappa shape index (κ1) is 25.6. The van der Waals surface area contributed by atoms with Crippen LogP contribution in [0.3, 0.4) is 0 Å². The first-order valence-corrected chi connectivity index (χ1v) is 12.1. The number of carbonyl (C=O) groups excluding carboxylic acids is 1. The summed E-state index contributed by atoms with van der Waals surface area (Å²) in [4.78, 5) is 23.6. The van der Waals surface area contributed by atoms with Gasteiger partial charge in [-0.05, 0) is 48.4 Å². The van der Waals surface area contributed by atoms with Gasteiger partial charge in [0, 0.05) is 45.1 Å². The molecule has 1 fully saturated rings. The van der Waals surface area contributed by atoms with Crippen LogP contribution in [0.2, 0.25) is 0 Å². The van der Waals surface area contributed by atoms with Gasteiger partial charge in [-0.2, -0.15) is 0 Å². The number of nitrogens with zero attached hydrogens (tertiary/aromatic N) is 3. The fourth-order valence-corrected chi connectivity index (χ4v) is 4.27. The molecule has 3 N–H and O–H groups in total. The number of aromatic nitrogens is 2. The summed E-state index contributed by atoms with van der Waals surface area (Å²) in [6, 6.07) is 19.2. The Balaban J connectivity index is 1.29. The lowest BCUT2D eigenvalue weighted by Crippen LogP contribution is -2.43. The molecule has 3 atom stereocenters. The van der Waals surface area contributed by atoms with Gasteiger partial charge in [0.15, 0.2) is 0 Å². The number of methoxy groups -OCH3 is 1. The summed E-state index contributed by atoms with van der Waals surface area (Å²) in [5.41, 5.74) is 2.95. The molecule has 9 nitrogen and oxygen atoms in total. The highest BCUT2D eigenvalue weighted by molar-refractivity contribution is 5.67. The van der Waals surface area contributed by atoms with E-state index in [1.165, 1.54) is 0 Å². The number of pyridine rings is 2. The quantitative estimate of drug-likeness (QED) is 0.375. The van der Waals surface area contributed by atoms with Crippen LogP contribution in [-0.2, 0) is 24.2 Å². The smallest absolute Gasteiger partial charge is 0.407 e. The summed E-state index contributed by atoms with van der Waals surface area (Å²) in [7, 11) is 1.63. The maximum Gasteiger partial charge on any atom is 0.407 e. The van der Waals surface area contributed by atoms with Crippen LogP contribution >= 0.6 is 0 Å². The van der Waals surface area contributed by atoms with E-state index >= 15 is 0 Å². The Morgan fingerprint density at radius 2 is 1.72 bits per heavy atom. The summed E-state index contributed by atoms with van der Waals surface area (Å²) >= 11 is 0. The minimum atomic E-state index is -0.760. The molecule has 36 heavy (non-hydrogen) atoms. The molecule has 4 rings (SSSR count). The minimum absolute atomic E-state index is 0.177. The number of ether oxygens (including phenoxy) is 2. The number of carbonyl (C=O) groups is 1. The molecule has 2 aromatic heterocycles. The number of rotatable bonds is 11. The molecule has 0 radical (unpaired) electrons. The van der Waals surface area contributed by atoms with E-state index in [4.69, 9.17) is 9.47 Å². The molecule has 3 aromatic rings. The van der Waals surface area contributed by atoms with Crippen molar-refractivity contribution in [3.05, 3.63) is 90.0 Å². The van der Waals surface area contributed by atoms with Crippen molar-refractivity contribution >= 4 is 6.09 Å². The zero-order valence-electron chi connectivity index (χ0n) is 20.4. The number of amides is 1. The average molecular weight is 492 g/mol. The van der Waals surface area contributed by atoms with Crippen molar-refractivity contribution in [1.29, 1.82) is 0 Å². The van der Waals surface area contributed by atoms with Gasteiger partial charge in [0.1, 0.15) is 18.0 Å². The van der Waals surface area contributed by atoms with Gasteiger partial charge in [0.25, 0.3) is 0 Å². The normalized spacial score (nSPS) is 19.2. The topological polar surface area (TPSA) is 109 Å². The molecule has 1 aromatic carbocycles. The fraction of sp³-hybridized carbons (Fsp3) is 0.370. The highest BCUT2D eigenvalue weighted by Gasteiger charge is 2.37. The molecule has 0 saturated carbocycles. The standard InChI is InChI=1S/C27H33N5O4/c1-35-23-10-8-20(9-11-23)16-24-26(25(33)17-31-24)36-27(34)30-14-15-32(18-21-6-2-4-12-28-21)19-22-7-3-5-13-29-22/h2-13,24-26,31,33H,14-19H2,1H3,(H,30,34)/t24-,25+,26+/m1/s1. The highest BCUT2D eigenvalue weighted by atomic mass is 16.6. The van der Waals surface area contributed by atoms with Crippen molar-refractivity contribution in [2.75, 3.05) is 26.7 Å². The first-order chi connectivity index (χ1) is 17.6. The minimum Gasteiger partial charge on any atom is -0.497 e. The van der Waals surface area contributed by atoms with Gasteiger partial charge in [0.2, 0.25) is 0 Å². The largest absolute Gasteiger partial charge is 0.497 e. The molecular weight excluding hydrogens is 458 g/mol. The van der Waals surface area contributed by atoms with Gasteiger partial charge in [-0.3, -0.25) is 14.9 Å². The maximum atomic E-state index is 12.6. The van der Waals surface area contributed by atoms with Crippen molar-refractivity contribution in [2.24, 2.45) is 0 Å². The van der Waals surface area contributed by atoms with Gasteiger partial charge in [-0.1, -0.05) is 24.3 Å². The van der Waals surface area contributed by atoms with Crippen LogP contribution in [0.5, 0.6) is 5.75 Å². The van der Waals surface area contributed by atoms with Crippen LogP contribution in [0.4, 0.5) is 4.79 Å². The Morgan fingerprint density at radius 3 is 2.31 bits per heavy atom. The third kappa shape index (κ3) is 7.48. The number of aliphatic hydroxyl groups is 1. The van der Waals surface area contributed by atoms with E-state index in [0.29, 0.717) is 39.1 Å². The van der Waals surface area contributed by atoms with E-state index in [1.807, 2.05) is 60.7 Å². The van der Waals surface area contributed by atoms with Gasteiger partial charge < -0.3 is 25.2 Å². The van der Waals surface area contributed by atoms with E-state index in [-0.39, 0.29) is 6.04 Å². The number of hydrogen-bond acceptors (Lipinski definition) is 8. The molecule has 1 aliphatic heterocycles. The average Bonchev–Trinajstić information content (AvgIpc) is 3.24. The SMILES string of the molecule is COc1ccc(C[C@H]2NC[C@H](O)[C@H]2OC(=O)NCCN(Cc2ccccn2)Cc2ccccn2)cc1. The predicted octanol–water partition coefficient (Wildman–Crippen LogP) is 2.16. The van der Waals surface area contributed by atoms with E-state index in [9.17, 15) is 9.90 Å². The number of nitrogens with one attached hydrogen (secondary N) is 2. The fourth-order valence-electron chi connectivity index (χ4n) is 4.27. The van der Waals surface area contributed by atoms with E-state index < -0.39 is 18.3 Å². The molecule has 0 spiro atoms. The third-order valence-corrected chi connectivity index (χ3v) is 6.14. The van der Waals surface area contributed by atoms with Gasteiger partial charge in [0.05, 0.1) is 24.5 Å². The Labute approximate surface area is 211 Å². The molecule has 1 aliphatic rings. The summed E-state index contributed by atoms with van der Waals surface area (Å²) in [6.45, 7) is 2.61. The van der Waals surface area contributed by atoms with Crippen LogP contribution < -0.4 is 15.4 Å². The predicted molar refractivity (Wildman–Crippen MR) is 135 cm³/mol. The molecule has 1 amide bonds. The van der Waals surface area contributed by atoms with Crippen molar-refractivity contribution in [3.8, 4) is 5.75 Å². The maximum absolute atomic E-state index is 12.6. The monoisotopic (exact) mass is 491 g/mol. The second-order valence-electron chi connectivity index (χ2n) is 8.78. The molecule has 0 aliphatic carbocycles. The molecule has 190 valence electrons. The third-order valence-electron chi connectivity index (χ3n) is 6.14. The molecule has 9 heteroatoms. The zero-order chi connectivity index (χ0) is 25.2. The number of hydrogen-bond donors (Lipinski definition) is 3. The molecule has 0 unspecified atom stereocenters. The summed E-state index contributed by atoms with van der Waals surface area (Å²) in [5, 5.41) is 16.5. The zero-order valence-corrected chi connectivity index (χ0v) is 20.4. The van der Waals surface area contributed by atoms with Crippen molar-refractivity contribution in [2.45, 2.75) is 37.8 Å². The number of β-amino-alcohol motifs (C(OH)–C–C–N with tert-alkyl or cyclic N) is 1. The second-order valence-corrected chi connectivity index (χ2v) is 8.78. The lowest BCUT2D eigenvalue weighted by molar-refractivity contribution is 0.0187. The number of benzene rings is 1. The van der Waals surface area contributed by atoms with Crippen molar-refractivity contribution in [1.82, 2.24) is 25.5 Å². The van der Waals surface area contributed by atoms with Crippen LogP contribution in [0.15, 0.2) is 73.1 Å². The molecule has 1 saturated heterocycles.